The summed E-state index contributed by atoms with van der Waals surface area (Å²) in [6, 6.07) is 20.0. The fraction of sp³-hybridized carbons (Fsp3) is 0.533. The summed E-state index contributed by atoms with van der Waals surface area (Å²) >= 11 is 0. The summed E-state index contributed by atoms with van der Waals surface area (Å²) in [6.07, 6.45) is 5.11. The Kier molecular flexibility index (Phi) is 10.9. The van der Waals surface area contributed by atoms with Gasteiger partial charge in [-0.2, -0.15) is 4.79 Å². The van der Waals surface area contributed by atoms with Crippen LogP contribution in [0.15, 0.2) is 60.7 Å². The minimum atomic E-state index is -0.528. The number of hydrazine groups is 1. The summed E-state index contributed by atoms with van der Waals surface area (Å²) in [4.78, 5) is 17.2. The zero-order chi connectivity index (χ0) is 25.9. The number of carbonyl (C=O) groups is 1. The van der Waals surface area contributed by atoms with Gasteiger partial charge in [0.15, 0.2) is 0 Å². The predicted octanol–water partition coefficient (Wildman–Crippen LogP) is 6.04. The van der Waals surface area contributed by atoms with Crippen molar-refractivity contribution in [1.29, 1.82) is 0 Å². The Bertz CT molecular complexity index is 973. The Morgan fingerprint density at radius 3 is 2.03 bits per heavy atom. The Labute approximate surface area is 216 Å². The molecule has 0 radical (unpaired) electrons. The molecular weight excluding hydrogens is 448 g/mol. The van der Waals surface area contributed by atoms with Gasteiger partial charge < -0.3 is 10.3 Å². The topological polar surface area (TPSA) is 78.0 Å². The van der Waals surface area contributed by atoms with Crippen LogP contribution in [0.5, 0.6) is 0 Å². The molecule has 1 atom stereocenters. The van der Waals surface area contributed by atoms with Crippen LogP contribution in [0.25, 0.3) is 5.53 Å². The van der Waals surface area contributed by atoms with Crippen molar-refractivity contribution in [2.75, 3.05) is 0 Å². The molecule has 36 heavy (non-hydrogen) atoms. The number of benzene rings is 2. The van der Waals surface area contributed by atoms with Gasteiger partial charge in [0.05, 0.1) is 0 Å². The molecule has 1 saturated carbocycles. The van der Waals surface area contributed by atoms with Crippen molar-refractivity contribution in [2.45, 2.75) is 85.0 Å². The number of carbonyl (C=O) groups excluding carboxylic acids is 1. The largest absolute Gasteiger partial charge is 0.453 e. The SMILES string of the molecule is CC(C)C(OC(=O)C(=[N+]=[N-])[C@@H](C1CCCCC1)N(Cc1ccccc1)NCc1ccccc1)C(C)C. The fourth-order valence-corrected chi connectivity index (χ4v) is 5.34. The van der Waals surface area contributed by atoms with Crippen molar-refractivity contribution in [3.05, 3.63) is 77.3 Å². The van der Waals surface area contributed by atoms with Gasteiger partial charge >= 0.3 is 11.7 Å². The molecule has 1 N–H and O–H groups in total. The second-order valence-electron chi connectivity index (χ2n) is 10.6. The van der Waals surface area contributed by atoms with Crippen molar-refractivity contribution >= 4 is 11.7 Å². The van der Waals surface area contributed by atoms with Crippen molar-refractivity contribution in [1.82, 2.24) is 10.4 Å². The molecule has 0 saturated heterocycles. The number of hydrogen-bond acceptors (Lipinski definition) is 4. The van der Waals surface area contributed by atoms with E-state index in [-0.39, 0.29) is 29.6 Å². The Morgan fingerprint density at radius 2 is 1.50 bits per heavy atom. The minimum absolute atomic E-state index is 0.0877. The molecule has 6 nitrogen and oxygen atoms in total. The van der Waals surface area contributed by atoms with E-state index >= 15 is 0 Å². The second kappa shape index (κ2) is 14.1. The van der Waals surface area contributed by atoms with Gasteiger partial charge in [-0.15, -0.1) is 0 Å². The molecule has 0 spiro atoms. The molecule has 1 aliphatic rings. The van der Waals surface area contributed by atoms with Crippen LogP contribution < -0.4 is 5.43 Å². The molecule has 6 heteroatoms. The van der Waals surface area contributed by atoms with Gasteiger partial charge in [-0.3, -0.25) is 0 Å². The van der Waals surface area contributed by atoms with E-state index in [0.29, 0.717) is 13.1 Å². The molecule has 0 bridgehead atoms. The number of ether oxygens (including phenoxy) is 1. The average Bonchev–Trinajstić information content (AvgIpc) is 2.89. The highest BCUT2D eigenvalue weighted by molar-refractivity contribution is 6.36. The molecule has 194 valence electrons. The first-order valence-corrected chi connectivity index (χ1v) is 13.4. The maximum absolute atomic E-state index is 13.5. The molecule has 0 unspecified atom stereocenters. The van der Waals surface area contributed by atoms with Gasteiger partial charge in [0.25, 0.3) is 0 Å². The molecule has 1 fully saturated rings. The van der Waals surface area contributed by atoms with E-state index < -0.39 is 12.0 Å². The number of rotatable bonds is 12. The van der Waals surface area contributed by atoms with Crippen molar-refractivity contribution in [3.8, 4) is 0 Å². The first-order chi connectivity index (χ1) is 17.4. The van der Waals surface area contributed by atoms with Crippen molar-refractivity contribution in [2.24, 2.45) is 17.8 Å². The lowest BCUT2D eigenvalue weighted by molar-refractivity contribution is -0.152. The van der Waals surface area contributed by atoms with E-state index in [0.717, 1.165) is 36.8 Å². The van der Waals surface area contributed by atoms with Crippen LogP contribution in [-0.4, -0.2) is 33.6 Å². The van der Waals surface area contributed by atoms with Gasteiger partial charge in [-0.25, -0.2) is 15.2 Å². The third-order valence-electron chi connectivity index (χ3n) is 7.11. The quantitative estimate of drug-likeness (QED) is 0.129. The summed E-state index contributed by atoms with van der Waals surface area (Å²) in [6.45, 7) is 9.37. The van der Waals surface area contributed by atoms with E-state index in [2.05, 4.69) is 67.2 Å². The van der Waals surface area contributed by atoms with Crippen LogP contribution in [0.3, 0.4) is 0 Å². The van der Waals surface area contributed by atoms with E-state index in [4.69, 9.17) is 4.74 Å². The van der Waals surface area contributed by atoms with Crippen LogP contribution >= 0.6 is 0 Å². The number of nitrogens with zero attached hydrogens (tertiary/aromatic N) is 3. The minimum Gasteiger partial charge on any atom is -0.453 e. The Hall–Kier alpha value is -2.79. The predicted molar refractivity (Wildman–Crippen MR) is 144 cm³/mol. The van der Waals surface area contributed by atoms with Crippen LogP contribution in [0.2, 0.25) is 0 Å². The Morgan fingerprint density at radius 1 is 0.944 bits per heavy atom. The third-order valence-corrected chi connectivity index (χ3v) is 7.11. The highest BCUT2D eigenvalue weighted by Crippen LogP contribution is 2.31. The zero-order valence-corrected chi connectivity index (χ0v) is 22.3. The molecule has 0 amide bonds. The van der Waals surface area contributed by atoms with E-state index in [1.165, 1.54) is 6.42 Å². The summed E-state index contributed by atoms with van der Waals surface area (Å²) in [5.74, 6) is -0.0157. The number of nitrogens with one attached hydrogen (secondary N) is 1. The fourth-order valence-electron chi connectivity index (χ4n) is 5.34. The van der Waals surface area contributed by atoms with Crippen molar-refractivity contribution < 1.29 is 14.3 Å². The van der Waals surface area contributed by atoms with E-state index in [1.807, 2.05) is 36.4 Å². The van der Waals surface area contributed by atoms with Crippen LogP contribution in [0.4, 0.5) is 0 Å². The summed E-state index contributed by atoms with van der Waals surface area (Å²) in [5.41, 5.74) is 16.2. The maximum Gasteiger partial charge on any atom is 0.419 e. The van der Waals surface area contributed by atoms with Gasteiger partial charge in [0, 0.05) is 13.1 Å². The first kappa shape index (κ1) is 27.8. The number of esters is 1. The molecular formula is C30H42N4O2. The smallest absolute Gasteiger partial charge is 0.419 e. The lowest BCUT2D eigenvalue weighted by Gasteiger charge is -2.36. The molecule has 0 aromatic heterocycles. The lowest BCUT2D eigenvalue weighted by atomic mass is 9.81. The van der Waals surface area contributed by atoms with Gasteiger partial charge in [-0.05, 0) is 41.7 Å². The van der Waals surface area contributed by atoms with Crippen molar-refractivity contribution in [3.63, 3.8) is 0 Å². The molecule has 2 aromatic rings. The zero-order valence-electron chi connectivity index (χ0n) is 22.3. The summed E-state index contributed by atoms with van der Waals surface area (Å²) < 4.78 is 5.98. The normalized spacial score (nSPS) is 15.3. The van der Waals surface area contributed by atoms with Crippen LogP contribution in [-0.2, 0) is 22.6 Å². The maximum atomic E-state index is 13.5. The number of hydrogen-bond donors (Lipinski definition) is 1. The molecule has 1 aliphatic carbocycles. The van der Waals surface area contributed by atoms with Gasteiger partial charge in [-0.1, -0.05) is 108 Å². The van der Waals surface area contributed by atoms with Crippen LogP contribution in [0, 0.1) is 17.8 Å². The highest BCUT2D eigenvalue weighted by atomic mass is 16.5. The summed E-state index contributed by atoms with van der Waals surface area (Å²) in [5, 5.41) is 2.09. The molecule has 0 aliphatic heterocycles. The van der Waals surface area contributed by atoms with E-state index in [1.54, 1.807) is 0 Å². The Balaban J connectivity index is 1.95. The standard InChI is InChI=1S/C30H42N4O2/c1-22(2)29(23(3)4)36-30(35)27(33-31)28(26-18-12-7-13-19-26)34(21-25-16-10-6-11-17-25)32-20-24-14-8-5-9-15-24/h5-6,8-11,14-17,22-23,26,28-29,32H,7,12-13,18-21H2,1-4H3/t28-/m1/s1. The first-order valence-electron chi connectivity index (χ1n) is 13.4. The molecule has 3 rings (SSSR count). The van der Waals surface area contributed by atoms with Gasteiger partial charge in [0.2, 0.25) is 0 Å². The molecule has 2 aromatic carbocycles. The lowest BCUT2D eigenvalue weighted by Crippen LogP contribution is -2.55. The average molecular weight is 491 g/mol. The monoisotopic (exact) mass is 490 g/mol. The summed E-state index contributed by atoms with van der Waals surface area (Å²) in [7, 11) is 0. The van der Waals surface area contributed by atoms with E-state index in [9.17, 15) is 10.3 Å². The molecule has 0 heterocycles. The van der Waals surface area contributed by atoms with Gasteiger partial charge in [0.1, 0.15) is 12.1 Å². The highest BCUT2D eigenvalue weighted by Gasteiger charge is 2.44. The van der Waals surface area contributed by atoms with Crippen LogP contribution in [0.1, 0.15) is 70.9 Å². The third kappa shape index (κ3) is 7.86. The second-order valence-corrected chi connectivity index (χ2v) is 10.6.